The SMILES string of the molecule is C1CC[N-]CC1.C1CC[N-]CC1.I.[Nd]. The summed E-state index contributed by atoms with van der Waals surface area (Å²) in [5, 5.41) is 8.35. The van der Waals surface area contributed by atoms with Gasteiger partial charge in [-0.25, -0.2) is 0 Å². The van der Waals surface area contributed by atoms with Gasteiger partial charge in [0, 0.05) is 40.8 Å². The molecule has 0 aromatic rings. The molecule has 4 heteroatoms. The molecule has 0 spiro atoms. The van der Waals surface area contributed by atoms with Gasteiger partial charge in [-0.1, -0.05) is 38.5 Å². The molecule has 0 amide bonds. The maximum Gasteiger partial charge on any atom is 0 e. The van der Waals surface area contributed by atoms with E-state index in [9.17, 15) is 0 Å². The minimum Gasteiger partial charge on any atom is -0.662 e. The molecule has 0 aromatic heterocycles. The van der Waals surface area contributed by atoms with E-state index in [4.69, 9.17) is 0 Å². The molecular formula is C10H21IN2Nd-2. The van der Waals surface area contributed by atoms with E-state index in [1.54, 1.807) is 0 Å². The Labute approximate surface area is 138 Å². The Kier molecular flexibility index (Phi) is 19.7. The van der Waals surface area contributed by atoms with Crippen LogP contribution < -0.4 is 0 Å². The molecule has 2 nitrogen and oxygen atoms in total. The molecule has 2 saturated heterocycles. The van der Waals surface area contributed by atoms with Crippen LogP contribution in [0.5, 0.6) is 0 Å². The second-order valence-corrected chi connectivity index (χ2v) is 3.46. The molecule has 0 N–H and O–H groups in total. The molecule has 0 saturated carbocycles. The molecule has 0 aromatic carbocycles. The molecule has 0 radical (unpaired) electrons. The van der Waals surface area contributed by atoms with Gasteiger partial charge in [0.2, 0.25) is 0 Å². The summed E-state index contributed by atoms with van der Waals surface area (Å²) in [6, 6.07) is 0. The summed E-state index contributed by atoms with van der Waals surface area (Å²) >= 11 is 0. The van der Waals surface area contributed by atoms with Crippen LogP contribution in [0.3, 0.4) is 0 Å². The topological polar surface area (TPSA) is 28.2 Å². The largest absolute Gasteiger partial charge is 0.662 e. The van der Waals surface area contributed by atoms with E-state index in [0.717, 1.165) is 26.2 Å². The van der Waals surface area contributed by atoms with E-state index < -0.39 is 0 Å². The fourth-order valence-electron chi connectivity index (χ4n) is 1.47. The molecule has 2 aliphatic heterocycles. The fourth-order valence-corrected chi connectivity index (χ4v) is 1.47. The maximum atomic E-state index is 4.18. The monoisotopic (exact) mass is 438 g/mol. The molecule has 0 atom stereocenters. The number of hydrogen-bond donors (Lipinski definition) is 0. The molecule has 2 fully saturated rings. The van der Waals surface area contributed by atoms with E-state index in [2.05, 4.69) is 10.6 Å². The van der Waals surface area contributed by atoms with Crippen LogP contribution in [-0.4, -0.2) is 26.2 Å². The van der Waals surface area contributed by atoms with Crippen LogP contribution in [0.1, 0.15) is 38.5 Å². The van der Waals surface area contributed by atoms with Crippen LogP contribution in [0.2, 0.25) is 0 Å². The summed E-state index contributed by atoms with van der Waals surface area (Å²) < 4.78 is 0. The van der Waals surface area contributed by atoms with Crippen LogP contribution in [0.25, 0.3) is 10.6 Å². The van der Waals surface area contributed by atoms with Crippen molar-refractivity contribution >= 4 is 24.0 Å². The maximum absolute atomic E-state index is 4.18. The van der Waals surface area contributed by atoms with Gasteiger partial charge in [-0.05, 0) is 0 Å². The summed E-state index contributed by atoms with van der Waals surface area (Å²) in [7, 11) is 0. The number of halogens is 1. The Morgan fingerprint density at radius 2 is 0.786 bits per heavy atom. The van der Waals surface area contributed by atoms with Gasteiger partial charge in [0.25, 0.3) is 0 Å². The predicted octanol–water partition coefficient (Wildman–Crippen LogP) is 3.71. The number of piperidine rings is 2. The van der Waals surface area contributed by atoms with Crippen molar-refractivity contribution < 1.29 is 40.8 Å². The Morgan fingerprint density at radius 1 is 0.500 bits per heavy atom. The third-order valence-electron chi connectivity index (χ3n) is 2.26. The van der Waals surface area contributed by atoms with E-state index in [1.165, 1.54) is 38.5 Å². The standard InChI is InChI=1S/2C5H10N.HI.Nd/c2*1-2-4-6-5-3-1;;/h2*1-5H2;1H;/q2*-1;;. The second kappa shape index (κ2) is 15.0. The Balaban J connectivity index is 0. The van der Waals surface area contributed by atoms with Gasteiger partial charge < -0.3 is 10.6 Å². The van der Waals surface area contributed by atoms with Crippen molar-refractivity contribution in [3.05, 3.63) is 10.6 Å². The summed E-state index contributed by atoms with van der Waals surface area (Å²) in [6.07, 6.45) is 8.15. The molecule has 84 valence electrons. The van der Waals surface area contributed by atoms with E-state index in [1.807, 2.05) is 0 Å². The molecule has 0 bridgehead atoms. The summed E-state index contributed by atoms with van der Waals surface area (Å²) in [5.41, 5.74) is 0. The molecule has 2 rings (SSSR count). The smallest absolute Gasteiger partial charge is 0 e. The van der Waals surface area contributed by atoms with Crippen molar-refractivity contribution in [2.24, 2.45) is 0 Å². The van der Waals surface area contributed by atoms with Gasteiger partial charge >= 0.3 is 0 Å². The Hall–Kier alpha value is 2.00. The van der Waals surface area contributed by atoms with Crippen molar-refractivity contribution in [1.29, 1.82) is 0 Å². The number of hydrogen-bond acceptors (Lipinski definition) is 0. The summed E-state index contributed by atoms with van der Waals surface area (Å²) in [5.74, 6) is 0. The zero-order valence-electron chi connectivity index (χ0n) is 8.87. The van der Waals surface area contributed by atoms with Gasteiger partial charge in [-0.3, -0.25) is 0 Å². The summed E-state index contributed by atoms with van der Waals surface area (Å²) in [6.45, 7) is 4.50. The molecule has 14 heavy (non-hydrogen) atoms. The van der Waals surface area contributed by atoms with E-state index >= 15 is 0 Å². The van der Waals surface area contributed by atoms with E-state index in [-0.39, 0.29) is 64.8 Å². The van der Waals surface area contributed by atoms with Crippen LogP contribution in [-0.2, 0) is 0 Å². The molecule has 2 heterocycles. The minimum atomic E-state index is 0. The average molecular weight is 440 g/mol. The second-order valence-electron chi connectivity index (χ2n) is 3.46. The predicted molar refractivity (Wildman–Crippen MR) is 69.3 cm³/mol. The van der Waals surface area contributed by atoms with Gasteiger partial charge in [-0.2, -0.15) is 0 Å². The molecule has 0 unspecified atom stereocenters. The van der Waals surface area contributed by atoms with Gasteiger partial charge in [-0.15, -0.1) is 50.2 Å². The first kappa shape index (κ1) is 18.4. The summed E-state index contributed by atoms with van der Waals surface area (Å²) in [4.78, 5) is 0. The van der Waals surface area contributed by atoms with Gasteiger partial charge in [0.15, 0.2) is 0 Å². The first-order chi connectivity index (χ1) is 6.00. The number of rotatable bonds is 0. The van der Waals surface area contributed by atoms with Crippen LogP contribution in [0.15, 0.2) is 0 Å². The zero-order chi connectivity index (χ0) is 8.49. The fraction of sp³-hybridized carbons (Fsp3) is 1.00. The van der Waals surface area contributed by atoms with Gasteiger partial charge in [0.1, 0.15) is 0 Å². The first-order valence-corrected chi connectivity index (χ1v) is 5.26. The van der Waals surface area contributed by atoms with Crippen molar-refractivity contribution in [3.8, 4) is 0 Å². The van der Waals surface area contributed by atoms with Crippen molar-refractivity contribution in [1.82, 2.24) is 0 Å². The third kappa shape index (κ3) is 12.1. The van der Waals surface area contributed by atoms with Crippen LogP contribution >= 0.6 is 24.0 Å². The van der Waals surface area contributed by atoms with Crippen LogP contribution in [0, 0.1) is 40.8 Å². The van der Waals surface area contributed by atoms with Crippen molar-refractivity contribution in [3.63, 3.8) is 0 Å². The molecular weight excluding hydrogens is 419 g/mol. The Bertz CT molecular complexity index is 61.1. The first-order valence-electron chi connectivity index (χ1n) is 5.26. The average Bonchev–Trinajstić information content (AvgIpc) is 2.24. The zero-order valence-corrected chi connectivity index (χ0v) is 14.4. The van der Waals surface area contributed by atoms with E-state index in [0.29, 0.717) is 0 Å². The normalized spacial score (nSPS) is 20.6. The molecule has 2 aliphatic rings. The quantitative estimate of drug-likeness (QED) is 0.514. The third-order valence-corrected chi connectivity index (χ3v) is 2.26. The van der Waals surface area contributed by atoms with Gasteiger partial charge in [0.05, 0.1) is 0 Å². The molecule has 0 aliphatic carbocycles. The number of nitrogens with zero attached hydrogens (tertiary/aromatic N) is 2. The van der Waals surface area contributed by atoms with Crippen molar-refractivity contribution in [2.75, 3.05) is 26.2 Å². The Morgan fingerprint density at radius 3 is 0.857 bits per heavy atom. The minimum absolute atomic E-state index is 0. The van der Waals surface area contributed by atoms with Crippen LogP contribution in [0.4, 0.5) is 0 Å². The van der Waals surface area contributed by atoms with Crippen molar-refractivity contribution in [2.45, 2.75) is 38.5 Å².